The summed E-state index contributed by atoms with van der Waals surface area (Å²) in [7, 11) is 0. The fourth-order valence-corrected chi connectivity index (χ4v) is 2.15. The van der Waals surface area contributed by atoms with Crippen LogP contribution in [0.25, 0.3) is 0 Å². The number of halogens is 1. The highest BCUT2D eigenvalue weighted by Crippen LogP contribution is 2.17. The van der Waals surface area contributed by atoms with Crippen LogP contribution in [0.2, 0.25) is 5.02 Å². The first kappa shape index (κ1) is 11.7. The zero-order valence-corrected chi connectivity index (χ0v) is 10.2. The molecular weight excluding hydrogens is 224 g/mol. The van der Waals surface area contributed by atoms with Gasteiger partial charge in [0.2, 0.25) is 5.88 Å². The third kappa shape index (κ3) is 3.35. The van der Waals surface area contributed by atoms with E-state index in [0.717, 1.165) is 12.5 Å². The Morgan fingerprint density at radius 3 is 3.25 bits per heavy atom. The Morgan fingerprint density at radius 2 is 2.50 bits per heavy atom. The molecule has 1 N–H and O–H groups in total. The van der Waals surface area contributed by atoms with Crippen LogP contribution in [0.4, 0.5) is 0 Å². The third-order valence-electron chi connectivity index (χ3n) is 2.89. The molecule has 2 heterocycles. The summed E-state index contributed by atoms with van der Waals surface area (Å²) in [5.41, 5.74) is 0. The van der Waals surface area contributed by atoms with Crippen LogP contribution >= 0.6 is 11.6 Å². The van der Waals surface area contributed by atoms with Crippen LogP contribution in [0.3, 0.4) is 0 Å². The molecule has 88 valence electrons. The van der Waals surface area contributed by atoms with Crippen LogP contribution in [0, 0.1) is 5.92 Å². The van der Waals surface area contributed by atoms with E-state index in [1.54, 1.807) is 18.3 Å². The molecule has 1 aliphatic rings. The lowest BCUT2D eigenvalue weighted by Crippen LogP contribution is -2.41. The van der Waals surface area contributed by atoms with E-state index in [4.69, 9.17) is 16.3 Å². The van der Waals surface area contributed by atoms with E-state index in [9.17, 15) is 0 Å². The fourth-order valence-electron chi connectivity index (χ4n) is 2.00. The predicted molar refractivity (Wildman–Crippen MR) is 64.9 cm³/mol. The molecule has 0 aromatic carbocycles. The van der Waals surface area contributed by atoms with Crippen LogP contribution in [0.15, 0.2) is 18.3 Å². The highest BCUT2D eigenvalue weighted by molar-refractivity contribution is 6.30. The molecule has 0 saturated carbocycles. The maximum Gasteiger partial charge on any atom is 0.214 e. The van der Waals surface area contributed by atoms with Gasteiger partial charge in [-0.3, -0.25) is 0 Å². The molecule has 0 aliphatic carbocycles. The van der Waals surface area contributed by atoms with Gasteiger partial charge in [0.1, 0.15) is 6.61 Å². The average Bonchev–Trinajstić information content (AvgIpc) is 2.27. The summed E-state index contributed by atoms with van der Waals surface area (Å²) in [5, 5.41) is 4.11. The second-order valence-electron chi connectivity index (χ2n) is 4.40. The van der Waals surface area contributed by atoms with Crippen molar-refractivity contribution in [1.82, 2.24) is 10.3 Å². The van der Waals surface area contributed by atoms with Gasteiger partial charge in [0.25, 0.3) is 0 Å². The van der Waals surface area contributed by atoms with Gasteiger partial charge in [-0.05, 0) is 31.4 Å². The van der Waals surface area contributed by atoms with Gasteiger partial charge in [-0.1, -0.05) is 18.5 Å². The highest BCUT2D eigenvalue weighted by Gasteiger charge is 2.18. The summed E-state index contributed by atoms with van der Waals surface area (Å²) in [6.07, 6.45) is 4.08. The van der Waals surface area contributed by atoms with Crippen molar-refractivity contribution in [1.29, 1.82) is 0 Å². The van der Waals surface area contributed by atoms with Crippen LogP contribution < -0.4 is 10.1 Å². The lowest BCUT2D eigenvalue weighted by Gasteiger charge is -2.27. The Bertz CT molecular complexity index is 346. The molecule has 1 aromatic rings. The minimum Gasteiger partial charge on any atom is -0.476 e. The topological polar surface area (TPSA) is 34.1 Å². The molecule has 0 spiro atoms. The summed E-state index contributed by atoms with van der Waals surface area (Å²) in [5.74, 6) is 1.38. The maximum atomic E-state index is 5.85. The molecule has 2 rings (SSSR count). The Hall–Kier alpha value is -0.800. The summed E-state index contributed by atoms with van der Waals surface area (Å²) < 4.78 is 5.62. The van der Waals surface area contributed by atoms with Crippen LogP contribution in [0.1, 0.15) is 19.8 Å². The van der Waals surface area contributed by atoms with Gasteiger partial charge in [-0.2, -0.15) is 0 Å². The van der Waals surface area contributed by atoms with Crippen molar-refractivity contribution in [3.63, 3.8) is 0 Å². The van der Waals surface area contributed by atoms with Crippen molar-refractivity contribution >= 4 is 11.6 Å². The molecule has 0 unspecified atom stereocenters. The van der Waals surface area contributed by atoms with Gasteiger partial charge in [0, 0.05) is 23.3 Å². The fraction of sp³-hybridized carbons (Fsp3) is 0.583. The van der Waals surface area contributed by atoms with E-state index in [-0.39, 0.29) is 0 Å². The number of piperidine rings is 1. The van der Waals surface area contributed by atoms with E-state index in [1.807, 2.05) is 0 Å². The smallest absolute Gasteiger partial charge is 0.214 e. The molecule has 1 saturated heterocycles. The molecule has 0 bridgehead atoms. The minimum atomic E-state index is 0.435. The van der Waals surface area contributed by atoms with E-state index in [1.165, 1.54) is 12.8 Å². The number of rotatable bonds is 3. The van der Waals surface area contributed by atoms with E-state index >= 15 is 0 Å². The normalized spacial score (nSPS) is 25.4. The molecule has 1 aromatic heterocycles. The summed E-state index contributed by atoms with van der Waals surface area (Å²) in [6, 6.07) is 3.92. The third-order valence-corrected chi connectivity index (χ3v) is 3.12. The molecule has 4 heteroatoms. The van der Waals surface area contributed by atoms with Gasteiger partial charge in [-0.25, -0.2) is 4.98 Å². The van der Waals surface area contributed by atoms with Gasteiger partial charge in [-0.15, -0.1) is 0 Å². The predicted octanol–water partition coefficient (Wildman–Crippen LogP) is 2.50. The van der Waals surface area contributed by atoms with Crippen molar-refractivity contribution in [2.75, 3.05) is 13.2 Å². The summed E-state index contributed by atoms with van der Waals surface area (Å²) >= 11 is 5.85. The SMILES string of the molecule is C[C@@H]1CCN[C@H](COc2cc(Cl)ccn2)C1. The Kier molecular flexibility index (Phi) is 4.02. The number of pyridine rings is 1. The lowest BCUT2D eigenvalue weighted by molar-refractivity contribution is 0.209. The molecule has 0 amide bonds. The standard InChI is InChI=1S/C12H17ClN2O/c1-9-2-4-14-11(6-9)8-16-12-7-10(13)3-5-15-12/h3,5,7,9,11,14H,2,4,6,8H2,1H3/t9-,11+/m1/s1. The number of hydrogen-bond acceptors (Lipinski definition) is 3. The van der Waals surface area contributed by atoms with Crippen LogP contribution in [0.5, 0.6) is 5.88 Å². The van der Waals surface area contributed by atoms with Gasteiger partial charge < -0.3 is 10.1 Å². The summed E-state index contributed by atoms with van der Waals surface area (Å²) in [6.45, 7) is 4.03. The van der Waals surface area contributed by atoms with Crippen LogP contribution in [-0.2, 0) is 0 Å². The van der Waals surface area contributed by atoms with E-state index in [2.05, 4.69) is 17.2 Å². The van der Waals surface area contributed by atoms with Crippen LogP contribution in [-0.4, -0.2) is 24.2 Å². The molecule has 2 atom stereocenters. The van der Waals surface area contributed by atoms with Crippen molar-refractivity contribution < 1.29 is 4.74 Å². The average molecular weight is 241 g/mol. The second-order valence-corrected chi connectivity index (χ2v) is 4.84. The lowest BCUT2D eigenvalue weighted by atomic mass is 9.95. The number of nitrogens with one attached hydrogen (secondary N) is 1. The quantitative estimate of drug-likeness (QED) is 0.882. The number of nitrogens with zero attached hydrogens (tertiary/aromatic N) is 1. The van der Waals surface area contributed by atoms with Crippen molar-refractivity contribution in [2.24, 2.45) is 5.92 Å². The maximum absolute atomic E-state index is 5.85. The molecule has 16 heavy (non-hydrogen) atoms. The monoisotopic (exact) mass is 240 g/mol. The number of ether oxygens (including phenoxy) is 1. The highest BCUT2D eigenvalue weighted by atomic mass is 35.5. The van der Waals surface area contributed by atoms with Gasteiger partial charge >= 0.3 is 0 Å². The molecular formula is C12H17ClN2O. The first-order chi connectivity index (χ1) is 7.74. The van der Waals surface area contributed by atoms with Gasteiger partial charge in [0.15, 0.2) is 0 Å². The zero-order chi connectivity index (χ0) is 11.4. The van der Waals surface area contributed by atoms with Gasteiger partial charge in [0.05, 0.1) is 0 Å². The molecule has 1 fully saturated rings. The number of hydrogen-bond donors (Lipinski definition) is 1. The van der Waals surface area contributed by atoms with Crippen molar-refractivity contribution in [3.8, 4) is 5.88 Å². The van der Waals surface area contributed by atoms with Crippen molar-refractivity contribution in [2.45, 2.75) is 25.8 Å². The Balaban J connectivity index is 1.82. The Labute approximate surface area is 101 Å². The number of aromatic nitrogens is 1. The first-order valence-corrected chi connectivity index (χ1v) is 6.09. The second kappa shape index (κ2) is 5.51. The molecule has 0 radical (unpaired) electrons. The largest absolute Gasteiger partial charge is 0.476 e. The van der Waals surface area contributed by atoms with E-state index < -0.39 is 0 Å². The Morgan fingerprint density at radius 1 is 1.62 bits per heavy atom. The first-order valence-electron chi connectivity index (χ1n) is 5.72. The molecule has 1 aliphatic heterocycles. The van der Waals surface area contributed by atoms with E-state index in [0.29, 0.717) is 23.6 Å². The minimum absolute atomic E-state index is 0.435. The summed E-state index contributed by atoms with van der Waals surface area (Å²) in [4.78, 5) is 4.11. The molecule has 3 nitrogen and oxygen atoms in total. The zero-order valence-electron chi connectivity index (χ0n) is 9.45. The van der Waals surface area contributed by atoms with Crippen molar-refractivity contribution in [3.05, 3.63) is 23.4 Å².